The molecule has 1 aliphatic heterocycles. The number of likely N-dealkylation sites (N-methyl/N-ethyl adjacent to an activating group) is 2. The van der Waals surface area contributed by atoms with Crippen molar-refractivity contribution in [2.75, 3.05) is 53.3 Å². The van der Waals surface area contributed by atoms with Crippen molar-refractivity contribution >= 4 is 17.5 Å². The zero-order chi connectivity index (χ0) is 24.8. The minimum absolute atomic E-state index is 0.0875. The Labute approximate surface area is 201 Å². The standard InChI is InChI=1S/C26H35N3O5/c1-17-14-28(3)18(2)16-34-23-13-20(27-25(30)19-7-10-21(32-5)11-8-19)9-12-22(23)26(31)29(4)15-24(17)33-6/h7-13,17-18,24H,14-16H2,1-6H3,(H,27,30)/t17-,18+,24+/m1/s1. The third kappa shape index (κ3) is 6.07. The summed E-state index contributed by atoms with van der Waals surface area (Å²) in [5.41, 5.74) is 1.50. The fraction of sp³-hybridized carbons (Fsp3) is 0.462. The van der Waals surface area contributed by atoms with Crippen LogP contribution in [0.1, 0.15) is 34.6 Å². The molecule has 1 heterocycles. The molecule has 2 aromatic carbocycles. The number of hydrogen-bond donors (Lipinski definition) is 1. The topological polar surface area (TPSA) is 80.3 Å². The highest BCUT2D eigenvalue weighted by atomic mass is 16.5. The van der Waals surface area contributed by atoms with Gasteiger partial charge in [-0.1, -0.05) is 6.92 Å². The van der Waals surface area contributed by atoms with Gasteiger partial charge in [0.05, 0.1) is 18.8 Å². The second-order valence-electron chi connectivity index (χ2n) is 8.93. The maximum atomic E-state index is 13.3. The van der Waals surface area contributed by atoms with E-state index in [-0.39, 0.29) is 29.9 Å². The minimum Gasteiger partial charge on any atom is -0.497 e. The quantitative estimate of drug-likeness (QED) is 0.740. The number of methoxy groups -OCH3 is 2. The van der Waals surface area contributed by atoms with E-state index in [0.717, 1.165) is 6.54 Å². The number of nitrogens with zero attached hydrogens (tertiary/aromatic N) is 2. The molecule has 0 aromatic heterocycles. The molecule has 0 bridgehead atoms. The van der Waals surface area contributed by atoms with E-state index in [1.165, 1.54) is 0 Å². The molecular weight excluding hydrogens is 434 g/mol. The molecule has 2 aromatic rings. The van der Waals surface area contributed by atoms with Crippen LogP contribution in [0, 0.1) is 5.92 Å². The van der Waals surface area contributed by atoms with E-state index >= 15 is 0 Å². The van der Waals surface area contributed by atoms with Crippen LogP contribution < -0.4 is 14.8 Å². The molecule has 0 radical (unpaired) electrons. The molecule has 0 spiro atoms. The molecule has 3 rings (SSSR count). The van der Waals surface area contributed by atoms with E-state index in [1.807, 2.05) is 0 Å². The van der Waals surface area contributed by atoms with Crippen molar-refractivity contribution in [1.82, 2.24) is 9.80 Å². The van der Waals surface area contributed by atoms with Crippen molar-refractivity contribution in [3.63, 3.8) is 0 Å². The molecule has 0 fully saturated rings. The van der Waals surface area contributed by atoms with Crippen LogP contribution in [0.25, 0.3) is 0 Å². The third-order valence-electron chi connectivity index (χ3n) is 6.37. The molecule has 8 heteroatoms. The van der Waals surface area contributed by atoms with Gasteiger partial charge in [-0.2, -0.15) is 0 Å². The molecule has 0 saturated carbocycles. The molecule has 1 aliphatic rings. The summed E-state index contributed by atoms with van der Waals surface area (Å²) >= 11 is 0. The number of amides is 2. The number of anilines is 1. The lowest BCUT2D eigenvalue weighted by atomic mass is 10.0. The van der Waals surface area contributed by atoms with Crippen LogP contribution in [0.5, 0.6) is 11.5 Å². The first kappa shape index (κ1) is 25.5. The summed E-state index contributed by atoms with van der Waals surface area (Å²) in [6.07, 6.45) is -0.0875. The van der Waals surface area contributed by atoms with E-state index in [0.29, 0.717) is 41.5 Å². The zero-order valence-electron chi connectivity index (χ0n) is 20.8. The average molecular weight is 470 g/mol. The summed E-state index contributed by atoms with van der Waals surface area (Å²) in [5.74, 6) is 0.939. The van der Waals surface area contributed by atoms with Crippen molar-refractivity contribution in [2.24, 2.45) is 5.92 Å². The fourth-order valence-corrected chi connectivity index (χ4v) is 3.98. The molecule has 0 aliphatic carbocycles. The highest BCUT2D eigenvalue weighted by molar-refractivity contribution is 6.05. The van der Waals surface area contributed by atoms with Gasteiger partial charge in [0.25, 0.3) is 11.8 Å². The van der Waals surface area contributed by atoms with Crippen LogP contribution in [0.4, 0.5) is 5.69 Å². The Balaban J connectivity index is 1.87. The smallest absolute Gasteiger partial charge is 0.257 e. The van der Waals surface area contributed by atoms with Crippen LogP contribution in [0.15, 0.2) is 42.5 Å². The number of carbonyl (C=O) groups is 2. The van der Waals surface area contributed by atoms with Gasteiger partial charge in [0, 0.05) is 50.6 Å². The molecule has 34 heavy (non-hydrogen) atoms. The molecule has 3 atom stereocenters. The Morgan fingerprint density at radius 3 is 2.41 bits per heavy atom. The van der Waals surface area contributed by atoms with Gasteiger partial charge in [-0.3, -0.25) is 14.5 Å². The van der Waals surface area contributed by atoms with E-state index < -0.39 is 0 Å². The van der Waals surface area contributed by atoms with E-state index in [4.69, 9.17) is 14.2 Å². The number of hydrogen-bond acceptors (Lipinski definition) is 6. The molecule has 1 N–H and O–H groups in total. The predicted octanol–water partition coefficient (Wildman–Crippen LogP) is 3.38. The molecule has 184 valence electrons. The van der Waals surface area contributed by atoms with E-state index in [2.05, 4.69) is 31.1 Å². The van der Waals surface area contributed by atoms with Gasteiger partial charge >= 0.3 is 0 Å². The van der Waals surface area contributed by atoms with Gasteiger partial charge in [-0.25, -0.2) is 0 Å². The van der Waals surface area contributed by atoms with Gasteiger partial charge < -0.3 is 24.4 Å². The summed E-state index contributed by atoms with van der Waals surface area (Å²) in [7, 11) is 7.09. The number of fused-ring (bicyclic) bond motifs is 1. The largest absolute Gasteiger partial charge is 0.497 e. The summed E-state index contributed by atoms with van der Waals surface area (Å²) < 4.78 is 17.0. The maximum absolute atomic E-state index is 13.3. The highest BCUT2D eigenvalue weighted by Gasteiger charge is 2.27. The predicted molar refractivity (Wildman–Crippen MR) is 132 cm³/mol. The minimum atomic E-state index is -0.260. The van der Waals surface area contributed by atoms with Crippen molar-refractivity contribution in [1.29, 1.82) is 0 Å². The summed E-state index contributed by atoms with van der Waals surface area (Å²) in [6.45, 7) is 5.90. The third-order valence-corrected chi connectivity index (χ3v) is 6.37. The molecule has 0 unspecified atom stereocenters. The first-order chi connectivity index (χ1) is 16.2. The molecular formula is C26H35N3O5. The molecule has 8 nitrogen and oxygen atoms in total. The van der Waals surface area contributed by atoms with E-state index in [9.17, 15) is 9.59 Å². The lowest BCUT2D eigenvalue weighted by Crippen LogP contribution is -2.45. The Hall–Kier alpha value is -3.10. The van der Waals surface area contributed by atoms with Crippen molar-refractivity contribution < 1.29 is 23.8 Å². The van der Waals surface area contributed by atoms with Crippen molar-refractivity contribution in [3.8, 4) is 11.5 Å². The normalized spacial score (nSPS) is 22.1. The van der Waals surface area contributed by atoms with Gasteiger partial charge in [0.2, 0.25) is 0 Å². The first-order valence-electron chi connectivity index (χ1n) is 11.4. The van der Waals surface area contributed by atoms with Gasteiger partial charge in [0.1, 0.15) is 18.1 Å². The lowest BCUT2D eigenvalue weighted by molar-refractivity contribution is 0.0150. The average Bonchev–Trinajstić information content (AvgIpc) is 2.84. The lowest BCUT2D eigenvalue weighted by Gasteiger charge is -2.34. The van der Waals surface area contributed by atoms with Crippen LogP contribution in [-0.4, -0.2) is 81.8 Å². The van der Waals surface area contributed by atoms with Crippen molar-refractivity contribution in [2.45, 2.75) is 26.0 Å². The highest BCUT2D eigenvalue weighted by Crippen LogP contribution is 2.27. The van der Waals surface area contributed by atoms with Crippen LogP contribution in [-0.2, 0) is 4.74 Å². The van der Waals surface area contributed by atoms with Crippen molar-refractivity contribution in [3.05, 3.63) is 53.6 Å². The zero-order valence-corrected chi connectivity index (χ0v) is 20.8. The second-order valence-corrected chi connectivity index (χ2v) is 8.93. The Morgan fingerprint density at radius 2 is 1.76 bits per heavy atom. The number of nitrogens with one attached hydrogen (secondary N) is 1. The Kier molecular flexibility index (Phi) is 8.52. The fourth-order valence-electron chi connectivity index (χ4n) is 3.98. The SMILES string of the molecule is COc1ccc(C(=O)Nc2ccc3c(c2)OC[C@H](C)N(C)C[C@@H](C)[C@@H](OC)CN(C)C3=O)cc1. The molecule has 0 saturated heterocycles. The Bertz CT molecular complexity index is 994. The van der Waals surface area contributed by atoms with E-state index in [1.54, 1.807) is 68.6 Å². The summed E-state index contributed by atoms with van der Waals surface area (Å²) in [5, 5.41) is 2.89. The monoisotopic (exact) mass is 469 g/mol. The number of benzene rings is 2. The van der Waals surface area contributed by atoms with Crippen LogP contribution in [0.2, 0.25) is 0 Å². The second kappa shape index (κ2) is 11.4. The van der Waals surface area contributed by atoms with Gasteiger partial charge in [0.15, 0.2) is 0 Å². The maximum Gasteiger partial charge on any atom is 0.257 e. The number of carbonyl (C=O) groups excluding carboxylic acids is 2. The number of rotatable bonds is 4. The summed E-state index contributed by atoms with van der Waals surface area (Å²) in [6, 6.07) is 12.1. The van der Waals surface area contributed by atoms with Gasteiger partial charge in [-0.05, 0) is 56.3 Å². The summed E-state index contributed by atoms with van der Waals surface area (Å²) in [4.78, 5) is 29.9. The van der Waals surface area contributed by atoms with Crippen LogP contribution >= 0.6 is 0 Å². The molecule has 2 amide bonds. The van der Waals surface area contributed by atoms with Crippen LogP contribution in [0.3, 0.4) is 0 Å². The van der Waals surface area contributed by atoms with Gasteiger partial charge in [-0.15, -0.1) is 0 Å². The Morgan fingerprint density at radius 1 is 1.06 bits per heavy atom. The number of ether oxygens (including phenoxy) is 3. The first-order valence-corrected chi connectivity index (χ1v) is 11.4.